The van der Waals surface area contributed by atoms with Gasteiger partial charge in [-0.15, -0.1) is 0 Å². The Labute approximate surface area is 177 Å². The first-order chi connectivity index (χ1) is 14.6. The largest absolute Gasteiger partial charge is 0.487 e. The van der Waals surface area contributed by atoms with Gasteiger partial charge >= 0.3 is 6.03 Å². The maximum absolute atomic E-state index is 13.2. The second kappa shape index (κ2) is 9.20. The Morgan fingerprint density at radius 3 is 2.50 bits per heavy atom. The number of benzene rings is 2. The normalized spacial score (nSPS) is 19.0. The Bertz CT molecular complexity index is 878. The van der Waals surface area contributed by atoms with Gasteiger partial charge in [0.2, 0.25) is 5.91 Å². The summed E-state index contributed by atoms with van der Waals surface area (Å²) in [7, 11) is 0. The first kappa shape index (κ1) is 20.3. The number of amides is 3. The number of carbonyl (C=O) groups is 2. The van der Waals surface area contributed by atoms with Gasteiger partial charge in [0.15, 0.2) is 0 Å². The average molecular weight is 408 g/mol. The van der Waals surface area contributed by atoms with Crippen molar-refractivity contribution in [1.82, 2.24) is 10.2 Å². The van der Waals surface area contributed by atoms with Gasteiger partial charge in [-0.2, -0.15) is 0 Å². The van der Waals surface area contributed by atoms with Crippen molar-refractivity contribution >= 4 is 17.6 Å². The number of urea groups is 1. The maximum Gasteiger partial charge on any atom is 0.324 e. The highest BCUT2D eigenvalue weighted by atomic mass is 16.5. The van der Waals surface area contributed by atoms with E-state index in [9.17, 15) is 9.59 Å². The second-order valence-corrected chi connectivity index (χ2v) is 8.08. The molecule has 3 amide bonds. The van der Waals surface area contributed by atoms with Crippen LogP contribution in [0.2, 0.25) is 0 Å². The van der Waals surface area contributed by atoms with Crippen molar-refractivity contribution in [2.24, 2.45) is 5.92 Å². The monoisotopic (exact) mass is 407 g/mol. The van der Waals surface area contributed by atoms with Crippen LogP contribution in [0.4, 0.5) is 10.5 Å². The van der Waals surface area contributed by atoms with Crippen LogP contribution in [0.3, 0.4) is 0 Å². The van der Waals surface area contributed by atoms with Crippen LogP contribution in [-0.2, 0) is 11.2 Å². The molecule has 0 radical (unpaired) electrons. The number of nitrogens with zero attached hydrogens (tertiary/aromatic N) is 2. The third kappa shape index (κ3) is 4.58. The lowest BCUT2D eigenvalue weighted by atomic mass is 9.96. The quantitative estimate of drug-likeness (QED) is 0.844. The third-order valence-corrected chi connectivity index (χ3v) is 5.85. The predicted octanol–water partition coefficient (Wildman–Crippen LogP) is 3.46. The molecule has 2 aliphatic rings. The number of rotatable bonds is 4. The van der Waals surface area contributed by atoms with Gasteiger partial charge in [0.05, 0.1) is 12.2 Å². The molecule has 1 N–H and O–H groups in total. The van der Waals surface area contributed by atoms with Crippen LogP contribution in [0.25, 0.3) is 0 Å². The standard InChI is InChI=1S/C24H29N3O3/c1-18-17-27(21-9-5-6-10-22(21)30-18)24(29)26-15-12-20(13-16-26)23(28)25-14-11-19-7-3-2-4-8-19/h2-10,18,20H,11-17H2,1H3,(H,25,28). The van der Waals surface area contributed by atoms with E-state index >= 15 is 0 Å². The van der Waals surface area contributed by atoms with Crippen molar-refractivity contribution in [2.45, 2.75) is 32.3 Å². The van der Waals surface area contributed by atoms with Crippen LogP contribution in [0.1, 0.15) is 25.3 Å². The molecule has 0 saturated carbocycles. The molecule has 158 valence electrons. The lowest BCUT2D eigenvalue weighted by Crippen LogP contribution is -2.52. The molecule has 0 aliphatic carbocycles. The fourth-order valence-corrected chi connectivity index (χ4v) is 4.19. The third-order valence-electron chi connectivity index (χ3n) is 5.85. The number of fused-ring (bicyclic) bond motifs is 1. The van der Waals surface area contributed by atoms with Crippen LogP contribution in [-0.4, -0.2) is 49.1 Å². The van der Waals surface area contributed by atoms with Gasteiger partial charge < -0.3 is 15.0 Å². The molecule has 0 bridgehead atoms. The van der Waals surface area contributed by atoms with Gasteiger partial charge in [0, 0.05) is 25.6 Å². The molecule has 1 atom stereocenters. The Morgan fingerprint density at radius 2 is 1.73 bits per heavy atom. The number of carbonyl (C=O) groups excluding carboxylic acids is 2. The number of anilines is 1. The molecule has 2 aromatic rings. The zero-order chi connectivity index (χ0) is 20.9. The number of piperidine rings is 1. The van der Waals surface area contributed by atoms with Crippen molar-refractivity contribution in [1.29, 1.82) is 0 Å². The fraction of sp³-hybridized carbons (Fsp3) is 0.417. The van der Waals surface area contributed by atoms with E-state index in [1.165, 1.54) is 5.56 Å². The minimum atomic E-state index is -0.0446. The highest BCUT2D eigenvalue weighted by Gasteiger charge is 2.33. The van der Waals surface area contributed by atoms with Gasteiger partial charge in [-0.05, 0) is 43.9 Å². The molecule has 6 heteroatoms. The SMILES string of the molecule is CC1CN(C(=O)N2CCC(C(=O)NCCc3ccccc3)CC2)c2ccccc2O1. The molecule has 2 aliphatic heterocycles. The number of likely N-dealkylation sites (tertiary alicyclic amines) is 1. The molecular formula is C24H29N3O3. The topological polar surface area (TPSA) is 61.9 Å². The van der Waals surface area contributed by atoms with Gasteiger partial charge in [-0.3, -0.25) is 9.69 Å². The fourth-order valence-electron chi connectivity index (χ4n) is 4.19. The highest BCUT2D eigenvalue weighted by molar-refractivity contribution is 5.94. The van der Waals surface area contributed by atoms with Crippen LogP contribution in [0, 0.1) is 5.92 Å². The Morgan fingerprint density at radius 1 is 1.03 bits per heavy atom. The average Bonchev–Trinajstić information content (AvgIpc) is 2.78. The van der Waals surface area contributed by atoms with E-state index in [1.54, 1.807) is 0 Å². The molecule has 0 aromatic heterocycles. The van der Waals surface area contributed by atoms with E-state index < -0.39 is 0 Å². The van der Waals surface area contributed by atoms with Crippen LogP contribution < -0.4 is 15.0 Å². The molecule has 1 saturated heterocycles. The lowest BCUT2D eigenvalue weighted by Gasteiger charge is -2.39. The summed E-state index contributed by atoms with van der Waals surface area (Å²) in [6, 6.07) is 17.8. The minimum absolute atomic E-state index is 0.000496. The molecular weight excluding hydrogens is 378 g/mol. The van der Waals surface area contributed by atoms with Crippen molar-refractivity contribution in [3.8, 4) is 5.75 Å². The zero-order valence-corrected chi connectivity index (χ0v) is 17.4. The van der Waals surface area contributed by atoms with Crippen LogP contribution in [0.15, 0.2) is 54.6 Å². The predicted molar refractivity (Wildman–Crippen MR) is 117 cm³/mol. The van der Waals surface area contributed by atoms with E-state index in [-0.39, 0.29) is 24.0 Å². The van der Waals surface area contributed by atoms with E-state index in [0.29, 0.717) is 39.0 Å². The maximum atomic E-state index is 13.2. The lowest BCUT2D eigenvalue weighted by molar-refractivity contribution is -0.126. The molecule has 2 aromatic carbocycles. The summed E-state index contributed by atoms with van der Waals surface area (Å²) in [4.78, 5) is 29.4. The summed E-state index contributed by atoms with van der Waals surface area (Å²) in [5.41, 5.74) is 2.04. The second-order valence-electron chi connectivity index (χ2n) is 8.08. The molecule has 4 rings (SSSR count). The molecule has 2 heterocycles. The summed E-state index contributed by atoms with van der Waals surface area (Å²) in [5.74, 6) is 0.821. The van der Waals surface area contributed by atoms with Crippen molar-refractivity contribution < 1.29 is 14.3 Å². The molecule has 0 spiro atoms. The van der Waals surface area contributed by atoms with Gasteiger partial charge in [0.25, 0.3) is 0 Å². The number of hydrogen-bond acceptors (Lipinski definition) is 3. The van der Waals surface area contributed by atoms with Crippen LogP contribution >= 0.6 is 0 Å². The first-order valence-corrected chi connectivity index (χ1v) is 10.8. The van der Waals surface area contributed by atoms with E-state index in [0.717, 1.165) is 17.9 Å². The van der Waals surface area contributed by atoms with E-state index in [1.807, 2.05) is 59.2 Å². The Balaban J connectivity index is 1.28. The van der Waals surface area contributed by atoms with Crippen molar-refractivity contribution in [2.75, 3.05) is 31.1 Å². The number of nitrogens with one attached hydrogen (secondary N) is 1. The van der Waals surface area contributed by atoms with Gasteiger partial charge in [-0.1, -0.05) is 42.5 Å². The van der Waals surface area contributed by atoms with E-state index in [4.69, 9.17) is 4.74 Å². The molecule has 1 unspecified atom stereocenters. The Kier molecular flexibility index (Phi) is 6.21. The molecule has 30 heavy (non-hydrogen) atoms. The smallest absolute Gasteiger partial charge is 0.324 e. The number of para-hydroxylation sites is 2. The zero-order valence-electron chi connectivity index (χ0n) is 17.4. The molecule has 1 fully saturated rings. The molecule has 6 nitrogen and oxygen atoms in total. The first-order valence-electron chi connectivity index (χ1n) is 10.8. The van der Waals surface area contributed by atoms with Crippen LogP contribution in [0.5, 0.6) is 5.75 Å². The highest BCUT2D eigenvalue weighted by Crippen LogP contribution is 2.34. The summed E-state index contributed by atoms with van der Waals surface area (Å²) >= 11 is 0. The Hall–Kier alpha value is -3.02. The minimum Gasteiger partial charge on any atom is -0.487 e. The van der Waals surface area contributed by atoms with Crippen molar-refractivity contribution in [3.05, 3.63) is 60.2 Å². The van der Waals surface area contributed by atoms with Crippen molar-refractivity contribution in [3.63, 3.8) is 0 Å². The van der Waals surface area contributed by atoms with Gasteiger partial charge in [-0.25, -0.2) is 4.79 Å². The van der Waals surface area contributed by atoms with Gasteiger partial charge in [0.1, 0.15) is 11.9 Å². The summed E-state index contributed by atoms with van der Waals surface area (Å²) < 4.78 is 5.85. The summed E-state index contributed by atoms with van der Waals surface area (Å²) in [6.45, 7) is 4.36. The number of hydrogen-bond donors (Lipinski definition) is 1. The number of ether oxygens (including phenoxy) is 1. The van der Waals surface area contributed by atoms with E-state index in [2.05, 4.69) is 17.4 Å². The summed E-state index contributed by atoms with van der Waals surface area (Å²) in [6.07, 6.45) is 2.18. The summed E-state index contributed by atoms with van der Waals surface area (Å²) in [5, 5.41) is 3.06.